The molecule has 0 bridgehead atoms. The quantitative estimate of drug-likeness (QED) is 0.731. The lowest BCUT2D eigenvalue weighted by atomic mass is 10.0. The minimum atomic E-state index is -0.357. The maximum atomic E-state index is 12.4. The van der Waals surface area contributed by atoms with E-state index in [4.69, 9.17) is 4.74 Å². The molecule has 1 N–H and O–H groups in total. The number of amides is 2. The van der Waals surface area contributed by atoms with Crippen molar-refractivity contribution in [2.24, 2.45) is 5.92 Å². The molecule has 1 aliphatic carbocycles. The zero-order valence-corrected chi connectivity index (χ0v) is 10.0. The largest absolute Gasteiger partial charge is 0.379 e. The van der Waals surface area contributed by atoms with Crippen LogP contribution >= 0.6 is 0 Å². The topological polar surface area (TPSA) is 58.6 Å². The van der Waals surface area contributed by atoms with Crippen LogP contribution in [-0.2, 0) is 14.3 Å². The van der Waals surface area contributed by atoms with Gasteiger partial charge < -0.3 is 15.0 Å². The molecule has 3 atom stereocenters. The van der Waals surface area contributed by atoms with Crippen molar-refractivity contribution >= 4 is 11.8 Å². The number of hydrogen-bond donors (Lipinski definition) is 1. The van der Waals surface area contributed by atoms with Crippen molar-refractivity contribution in [3.05, 3.63) is 0 Å². The van der Waals surface area contributed by atoms with Crippen molar-refractivity contribution < 1.29 is 14.3 Å². The van der Waals surface area contributed by atoms with Crippen molar-refractivity contribution in [3.63, 3.8) is 0 Å². The van der Waals surface area contributed by atoms with Gasteiger partial charge in [0.25, 0.3) is 0 Å². The minimum absolute atomic E-state index is 0.0200. The Bertz CT molecular complexity index is 348. The standard InChI is InChI=1S/C12H18N2O3/c1-7-11(15)13-10(8-2-3-8)12(16)14(7)9-4-5-17-6-9/h7-10H,2-6H2,1H3,(H,13,15). The van der Waals surface area contributed by atoms with E-state index in [0.29, 0.717) is 19.1 Å². The van der Waals surface area contributed by atoms with E-state index in [1.54, 1.807) is 11.8 Å². The zero-order chi connectivity index (χ0) is 12.0. The van der Waals surface area contributed by atoms with Gasteiger partial charge in [0.1, 0.15) is 12.1 Å². The fourth-order valence-electron chi connectivity index (χ4n) is 2.80. The van der Waals surface area contributed by atoms with E-state index in [9.17, 15) is 9.59 Å². The Labute approximate surface area is 100 Å². The van der Waals surface area contributed by atoms with Gasteiger partial charge in [0.05, 0.1) is 12.6 Å². The van der Waals surface area contributed by atoms with Crippen LogP contribution in [-0.4, -0.2) is 48.1 Å². The monoisotopic (exact) mass is 238 g/mol. The normalized spacial score (nSPS) is 38.4. The van der Waals surface area contributed by atoms with Crippen LogP contribution in [0.1, 0.15) is 26.2 Å². The molecule has 3 rings (SSSR count). The second-order valence-corrected chi connectivity index (χ2v) is 5.26. The first-order valence-corrected chi connectivity index (χ1v) is 6.39. The van der Waals surface area contributed by atoms with E-state index >= 15 is 0 Å². The first-order valence-electron chi connectivity index (χ1n) is 6.39. The van der Waals surface area contributed by atoms with Crippen molar-refractivity contribution in [2.75, 3.05) is 13.2 Å². The van der Waals surface area contributed by atoms with Crippen LogP contribution in [0.5, 0.6) is 0 Å². The maximum absolute atomic E-state index is 12.4. The van der Waals surface area contributed by atoms with Gasteiger partial charge in [0.2, 0.25) is 11.8 Å². The molecule has 0 aromatic heterocycles. The number of carbonyl (C=O) groups is 2. The van der Waals surface area contributed by atoms with Crippen molar-refractivity contribution in [1.29, 1.82) is 0 Å². The maximum Gasteiger partial charge on any atom is 0.246 e. The van der Waals surface area contributed by atoms with Gasteiger partial charge >= 0.3 is 0 Å². The molecule has 3 fully saturated rings. The summed E-state index contributed by atoms with van der Waals surface area (Å²) in [4.78, 5) is 26.1. The summed E-state index contributed by atoms with van der Waals surface area (Å²) < 4.78 is 5.33. The first-order chi connectivity index (χ1) is 8.18. The Morgan fingerprint density at radius 3 is 2.65 bits per heavy atom. The number of rotatable bonds is 2. The molecule has 2 aliphatic heterocycles. The number of carbonyl (C=O) groups excluding carboxylic acids is 2. The summed E-state index contributed by atoms with van der Waals surface area (Å²) in [6, 6.07) is -0.548. The second kappa shape index (κ2) is 3.98. The van der Waals surface area contributed by atoms with Gasteiger partial charge in [-0.3, -0.25) is 9.59 Å². The summed E-state index contributed by atoms with van der Waals surface area (Å²) in [5.41, 5.74) is 0. The lowest BCUT2D eigenvalue weighted by Gasteiger charge is -2.40. The van der Waals surface area contributed by atoms with Crippen LogP contribution in [0.25, 0.3) is 0 Å². The lowest BCUT2D eigenvalue weighted by Crippen LogP contribution is -2.65. The highest BCUT2D eigenvalue weighted by Gasteiger charge is 2.47. The van der Waals surface area contributed by atoms with E-state index < -0.39 is 0 Å². The third kappa shape index (κ3) is 1.82. The van der Waals surface area contributed by atoms with Gasteiger partial charge in [0, 0.05) is 6.61 Å². The number of nitrogens with zero attached hydrogens (tertiary/aromatic N) is 1. The predicted molar refractivity (Wildman–Crippen MR) is 60.2 cm³/mol. The highest BCUT2D eigenvalue weighted by molar-refractivity contribution is 5.97. The average Bonchev–Trinajstić information content (AvgIpc) is 3.01. The van der Waals surface area contributed by atoms with Crippen molar-refractivity contribution in [2.45, 2.75) is 44.3 Å². The molecule has 0 spiro atoms. The van der Waals surface area contributed by atoms with Crippen molar-refractivity contribution in [3.8, 4) is 0 Å². The Hall–Kier alpha value is -1.10. The fourth-order valence-corrected chi connectivity index (χ4v) is 2.80. The van der Waals surface area contributed by atoms with Crippen LogP contribution in [0.2, 0.25) is 0 Å². The minimum Gasteiger partial charge on any atom is -0.379 e. The summed E-state index contributed by atoms with van der Waals surface area (Å²) in [6.07, 6.45) is 2.96. The molecular weight excluding hydrogens is 220 g/mol. The Kier molecular flexibility index (Phi) is 2.58. The molecule has 1 saturated carbocycles. The van der Waals surface area contributed by atoms with Crippen LogP contribution in [0.4, 0.5) is 0 Å². The zero-order valence-electron chi connectivity index (χ0n) is 10.0. The van der Waals surface area contributed by atoms with E-state index in [1.807, 2.05) is 0 Å². The number of hydrogen-bond acceptors (Lipinski definition) is 3. The molecule has 94 valence electrons. The molecule has 5 nitrogen and oxygen atoms in total. The molecule has 0 radical (unpaired) electrons. The van der Waals surface area contributed by atoms with Crippen LogP contribution in [0.3, 0.4) is 0 Å². The van der Waals surface area contributed by atoms with Crippen molar-refractivity contribution in [1.82, 2.24) is 10.2 Å². The first kappa shape index (κ1) is 11.0. The van der Waals surface area contributed by atoms with Gasteiger partial charge in [-0.2, -0.15) is 0 Å². The summed E-state index contributed by atoms with van der Waals surface area (Å²) in [5, 5.41) is 2.86. The summed E-state index contributed by atoms with van der Waals surface area (Å²) in [7, 11) is 0. The Morgan fingerprint density at radius 1 is 1.29 bits per heavy atom. The molecule has 3 unspecified atom stereocenters. The summed E-state index contributed by atoms with van der Waals surface area (Å²) >= 11 is 0. The van der Waals surface area contributed by atoms with E-state index in [0.717, 1.165) is 19.3 Å². The smallest absolute Gasteiger partial charge is 0.246 e. The van der Waals surface area contributed by atoms with E-state index in [2.05, 4.69) is 5.32 Å². The summed E-state index contributed by atoms with van der Waals surface area (Å²) in [6.45, 7) is 3.06. The lowest BCUT2D eigenvalue weighted by molar-refractivity contribution is -0.152. The molecule has 2 saturated heterocycles. The Balaban J connectivity index is 1.81. The molecule has 0 aromatic rings. The Morgan fingerprint density at radius 2 is 2.06 bits per heavy atom. The summed E-state index contributed by atoms with van der Waals surface area (Å²) in [5.74, 6) is 0.437. The predicted octanol–water partition coefficient (Wildman–Crippen LogP) is -0.0992. The average molecular weight is 238 g/mol. The van der Waals surface area contributed by atoms with Crippen LogP contribution < -0.4 is 5.32 Å². The molecule has 3 aliphatic rings. The van der Waals surface area contributed by atoms with Gasteiger partial charge in [-0.15, -0.1) is 0 Å². The highest BCUT2D eigenvalue weighted by Crippen LogP contribution is 2.35. The molecule has 2 heterocycles. The molecule has 17 heavy (non-hydrogen) atoms. The number of ether oxygens (including phenoxy) is 1. The number of nitrogens with one attached hydrogen (secondary N) is 1. The molecule has 5 heteroatoms. The van der Waals surface area contributed by atoms with Gasteiger partial charge in [-0.1, -0.05) is 0 Å². The van der Waals surface area contributed by atoms with Gasteiger partial charge in [0.15, 0.2) is 0 Å². The molecule has 0 aromatic carbocycles. The molecular formula is C12H18N2O3. The third-order valence-electron chi connectivity index (χ3n) is 4.01. The van der Waals surface area contributed by atoms with Crippen LogP contribution in [0.15, 0.2) is 0 Å². The molecule has 2 amide bonds. The van der Waals surface area contributed by atoms with Gasteiger partial charge in [-0.05, 0) is 32.1 Å². The van der Waals surface area contributed by atoms with E-state index in [1.165, 1.54) is 0 Å². The number of piperazine rings is 1. The fraction of sp³-hybridized carbons (Fsp3) is 0.833. The van der Waals surface area contributed by atoms with Gasteiger partial charge in [-0.25, -0.2) is 0 Å². The SMILES string of the molecule is CC1C(=O)NC(C2CC2)C(=O)N1C1CCOC1. The van der Waals surface area contributed by atoms with E-state index in [-0.39, 0.29) is 29.9 Å². The third-order valence-corrected chi connectivity index (χ3v) is 4.01. The highest BCUT2D eigenvalue weighted by atomic mass is 16.5. The van der Waals surface area contributed by atoms with Crippen LogP contribution in [0, 0.1) is 5.92 Å². The second-order valence-electron chi connectivity index (χ2n) is 5.26.